The van der Waals surface area contributed by atoms with Crippen molar-refractivity contribution < 1.29 is 13.9 Å². The van der Waals surface area contributed by atoms with E-state index in [9.17, 15) is 4.79 Å². The Hall–Kier alpha value is -1.29. The van der Waals surface area contributed by atoms with Crippen LogP contribution in [0.2, 0.25) is 0 Å². The van der Waals surface area contributed by atoms with Crippen molar-refractivity contribution in [3.8, 4) is 0 Å². The molecule has 0 aliphatic rings. The number of carbonyl (C=O) groups is 1. The van der Waals surface area contributed by atoms with Crippen LogP contribution in [-0.2, 0) is 4.74 Å². The minimum atomic E-state index is -0.173. The van der Waals surface area contributed by atoms with E-state index in [1.54, 1.807) is 13.1 Å². The molecular weight excluding hydrogens is 447 g/mol. The van der Waals surface area contributed by atoms with Crippen LogP contribution in [-0.4, -0.2) is 51.8 Å². The van der Waals surface area contributed by atoms with Crippen molar-refractivity contribution in [1.82, 2.24) is 16.0 Å². The Morgan fingerprint density at radius 2 is 1.77 bits per heavy atom. The van der Waals surface area contributed by atoms with Crippen LogP contribution in [0.4, 0.5) is 0 Å². The highest BCUT2D eigenvalue weighted by Gasteiger charge is 2.11. The Morgan fingerprint density at radius 1 is 1.12 bits per heavy atom. The number of nitrogens with one attached hydrogen (secondary N) is 3. The number of halogens is 1. The molecule has 0 bridgehead atoms. The fourth-order valence-electron chi connectivity index (χ4n) is 2.13. The van der Waals surface area contributed by atoms with Gasteiger partial charge in [-0.3, -0.25) is 9.79 Å². The molecule has 1 amide bonds. The quantitative estimate of drug-likeness (QED) is 0.185. The predicted octanol–water partition coefficient (Wildman–Crippen LogP) is 2.70. The number of hydrogen-bond donors (Lipinski definition) is 3. The van der Waals surface area contributed by atoms with E-state index in [-0.39, 0.29) is 29.9 Å². The molecule has 0 saturated heterocycles. The average Bonchev–Trinajstić information content (AvgIpc) is 3.04. The second kappa shape index (κ2) is 15.9. The normalized spacial score (nSPS) is 11.0. The smallest absolute Gasteiger partial charge is 0.287 e. The summed E-state index contributed by atoms with van der Waals surface area (Å²) in [4.78, 5) is 16.0. The van der Waals surface area contributed by atoms with Gasteiger partial charge in [-0.1, -0.05) is 13.3 Å². The number of aliphatic imine (C=N–C) groups is 1. The minimum absolute atomic E-state index is 0. The van der Waals surface area contributed by atoms with Crippen molar-refractivity contribution in [1.29, 1.82) is 0 Å². The average molecular weight is 480 g/mol. The summed E-state index contributed by atoms with van der Waals surface area (Å²) in [5, 5.41) is 9.31. The molecule has 1 heterocycles. The number of amides is 1. The first-order valence-corrected chi connectivity index (χ1v) is 9.03. The molecule has 150 valence electrons. The Labute approximate surface area is 173 Å². The van der Waals surface area contributed by atoms with Crippen molar-refractivity contribution in [2.45, 2.75) is 39.5 Å². The van der Waals surface area contributed by atoms with Gasteiger partial charge in [0.25, 0.3) is 5.91 Å². The molecule has 0 radical (unpaired) electrons. The van der Waals surface area contributed by atoms with Gasteiger partial charge in [0.05, 0.1) is 6.26 Å². The number of furan rings is 1. The standard InChI is InChI=1S/C18H32N4O3.HI/c1-4-5-12-24-13-7-11-22-18(19-3)21-10-6-9-20-17(23)16-15(2)8-14-25-16;/h8,14H,4-7,9-13H2,1-3H3,(H,20,23)(H2,19,21,22);1H. The first-order valence-electron chi connectivity index (χ1n) is 9.03. The molecule has 26 heavy (non-hydrogen) atoms. The number of unbranched alkanes of at least 4 members (excludes halogenated alkanes) is 1. The van der Waals surface area contributed by atoms with Gasteiger partial charge in [-0.15, -0.1) is 24.0 Å². The summed E-state index contributed by atoms with van der Waals surface area (Å²) in [5.74, 6) is 0.974. The Balaban J connectivity index is 0.00000625. The van der Waals surface area contributed by atoms with Crippen molar-refractivity contribution >= 4 is 35.8 Å². The maximum Gasteiger partial charge on any atom is 0.287 e. The van der Waals surface area contributed by atoms with Gasteiger partial charge in [-0.25, -0.2) is 0 Å². The molecule has 1 aromatic rings. The van der Waals surface area contributed by atoms with Gasteiger partial charge in [0.1, 0.15) is 0 Å². The van der Waals surface area contributed by atoms with E-state index in [0.717, 1.165) is 63.5 Å². The molecule has 0 unspecified atom stereocenters. The molecule has 0 aromatic carbocycles. The number of ether oxygens (including phenoxy) is 1. The van der Waals surface area contributed by atoms with E-state index < -0.39 is 0 Å². The number of aryl methyl sites for hydroxylation is 1. The van der Waals surface area contributed by atoms with Crippen molar-refractivity contribution in [2.75, 3.05) is 39.9 Å². The fraction of sp³-hybridized carbons (Fsp3) is 0.667. The second-order valence-electron chi connectivity index (χ2n) is 5.79. The summed E-state index contributed by atoms with van der Waals surface area (Å²) in [6, 6.07) is 1.78. The molecule has 0 spiro atoms. The molecule has 0 saturated carbocycles. The Morgan fingerprint density at radius 3 is 2.38 bits per heavy atom. The van der Waals surface area contributed by atoms with Crippen LogP contribution in [0.5, 0.6) is 0 Å². The van der Waals surface area contributed by atoms with Gasteiger partial charge in [0, 0.05) is 45.5 Å². The van der Waals surface area contributed by atoms with Gasteiger partial charge < -0.3 is 25.1 Å². The molecule has 7 nitrogen and oxygen atoms in total. The molecule has 0 aliphatic heterocycles. The topological polar surface area (TPSA) is 87.9 Å². The van der Waals surface area contributed by atoms with Crippen molar-refractivity contribution in [3.05, 3.63) is 23.7 Å². The van der Waals surface area contributed by atoms with E-state index in [2.05, 4.69) is 27.9 Å². The van der Waals surface area contributed by atoms with Gasteiger partial charge in [-0.2, -0.15) is 0 Å². The maximum absolute atomic E-state index is 11.9. The summed E-state index contributed by atoms with van der Waals surface area (Å²) in [6.07, 6.45) is 5.55. The lowest BCUT2D eigenvalue weighted by atomic mass is 10.2. The van der Waals surface area contributed by atoms with E-state index in [0.29, 0.717) is 12.3 Å². The van der Waals surface area contributed by atoms with Gasteiger partial charge >= 0.3 is 0 Å². The zero-order valence-electron chi connectivity index (χ0n) is 16.1. The molecule has 0 aliphatic carbocycles. The molecule has 1 aromatic heterocycles. The van der Waals surface area contributed by atoms with Crippen LogP contribution in [0, 0.1) is 6.92 Å². The number of hydrogen-bond acceptors (Lipinski definition) is 4. The first-order chi connectivity index (χ1) is 12.2. The number of nitrogens with zero attached hydrogens (tertiary/aromatic N) is 1. The molecule has 0 fully saturated rings. The summed E-state index contributed by atoms with van der Waals surface area (Å²) >= 11 is 0. The molecule has 0 atom stereocenters. The summed E-state index contributed by atoms with van der Waals surface area (Å²) in [5.41, 5.74) is 0.846. The van der Waals surface area contributed by atoms with E-state index in [1.165, 1.54) is 6.26 Å². The first kappa shape index (κ1) is 24.7. The van der Waals surface area contributed by atoms with E-state index in [4.69, 9.17) is 9.15 Å². The molecular formula is C18H33IN4O3. The lowest BCUT2D eigenvalue weighted by Gasteiger charge is -2.12. The van der Waals surface area contributed by atoms with E-state index >= 15 is 0 Å². The zero-order chi connectivity index (χ0) is 18.3. The number of carbonyl (C=O) groups excluding carboxylic acids is 1. The SMILES string of the molecule is CCCCOCCCNC(=NC)NCCCNC(=O)c1occc1C.I. The monoisotopic (exact) mass is 480 g/mol. The van der Waals surface area contributed by atoms with Crippen LogP contribution in [0.1, 0.15) is 48.7 Å². The molecule has 1 rings (SSSR count). The largest absolute Gasteiger partial charge is 0.459 e. The summed E-state index contributed by atoms with van der Waals surface area (Å²) in [6.45, 7) is 7.74. The fourth-order valence-corrected chi connectivity index (χ4v) is 2.13. The highest BCUT2D eigenvalue weighted by molar-refractivity contribution is 14.0. The van der Waals surface area contributed by atoms with Gasteiger partial charge in [0.2, 0.25) is 0 Å². The van der Waals surface area contributed by atoms with E-state index in [1.807, 2.05) is 6.92 Å². The Kier molecular flexibility index (Phi) is 15.1. The summed E-state index contributed by atoms with van der Waals surface area (Å²) in [7, 11) is 1.74. The maximum atomic E-state index is 11.9. The van der Waals surface area contributed by atoms with Crippen LogP contribution in [0.3, 0.4) is 0 Å². The van der Waals surface area contributed by atoms with Crippen LogP contribution >= 0.6 is 24.0 Å². The number of guanidine groups is 1. The van der Waals surface area contributed by atoms with Crippen LogP contribution in [0.15, 0.2) is 21.7 Å². The molecule has 3 N–H and O–H groups in total. The van der Waals surface area contributed by atoms with Gasteiger partial charge in [0.15, 0.2) is 11.7 Å². The van der Waals surface area contributed by atoms with Crippen molar-refractivity contribution in [2.24, 2.45) is 4.99 Å². The predicted molar refractivity (Wildman–Crippen MR) is 116 cm³/mol. The third kappa shape index (κ3) is 10.6. The van der Waals surface area contributed by atoms with Crippen molar-refractivity contribution in [3.63, 3.8) is 0 Å². The third-order valence-electron chi connectivity index (χ3n) is 3.62. The zero-order valence-corrected chi connectivity index (χ0v) is 18.4. The minimum Gasteiger partial charge on any atom is -0.459 e. The summed E-state index contributed by atoms with van der Waals surface area (Å²) < 4.78 is 10.7. The lowest BCUT2D eigenvalue weighted by Crippen LogP contribution is -2.39. The second-order valence-corrected chi connectivity index (χ2v) is 5.79. The third-order valence-corrected chi connectivity index (χ3v) is 3.62. The lowest BCUT2D eigenvalue weighted by molar-refractivity contribution is 0.0925. The van der Waals surface area contributed by atoms with Gasteiger partial charge in [-0.05, 0) is 32.3 Å². The highest BCUT2D eigenvalue weighted by atomic mass is 127. The molecule has 8 heteroatoms. The number of rotatable bonds is 12. The van der Waals surface area contributed by atoms with Crippen LogP contribution < -0.4 is 16.0 Å². The Bertz CT molecular complexity index is 520. The highest BCUT2D eigenvalue weighted by Crippen LogP contribution is 2.07. The van der Waals surface area contributed by atoms with Crippen LogP contribution in [0.25, 0.3) is 0 Å².